The smallest absolute Gasteiger partial charge is 0.217 e. The molecule has 0 aromatic carbocycles. The maximum absolute atomic E-state index is 10.6. The van der Waals surface area contributed by atoms with Gasteiger partial charge in [-0.05, 0) is 31.7 Å². The van der Waals surface area contributed by atoms with E-state index in [1.54, 1.807) is 0 Å². The number of nitrogens with one attached hydrogen (secondary N) is 1. The Hall–Kier alpha value is -0.610. The Kier molecular flexibility index (Phi) is 5.77. The molecule has 0 bridgehead atoms. The van der Waals surface area contributed by atoms with Crippen LogP contribution < -0.4 is 11.1 Å². The van der Waals surface area contributed by atoms with Crippen LogP contribution >= 0.6 is 0 Å². The molecular formula is C12H24N2O2. The zero-order valence-electron chi connectivity index (χ0n) is 10.4. The van der Waals surface area contributed by atoms with Crippen molar-refractivity contribution in [2.45, 2.75) is 51.7 Å². The summed E-state index contributed by atoms with van der Waals surface area (Å²) in [4.78, 5) is 10.6. The quantitative estimate of drug-likeness (QED) is 0.668. The van der Waals surface area contributed by atoms with Crippen molar-refractivity contribution in [2.24, 2.45) is 11.7 Å². The Labute approximate surface area is 97.9 Å². The fourth-order valence-electron chi connectivity index (χ4n) is 2.05. The van der Waals surface area contributed by atoms with Crippen molar-refractivity contribution in [1.29, 1.82) is 0 Å². The van der Waals surface area contributed by atoms with Gasteiger partial charge >= 0.3 is 0 Å². The molecule has 1 aliphatic heterocycles. The first-order valence-electron chi connectivity index (χ1n) is 6.23. The Balaban J connectivity index is 2.14. The van der Waals surface area contributed by atoms with Gasteiger partial charge in [0.05, 0.1) is 6.10 Å². The van der Waals surface area contributed by atoms with Crippen molar-refractivity contribution >= 4 is 5.91 Å². The summed E-state index contributed by atoms with van der Waals surface area (Å²) in [6.45, 7) is 6.11. The third-order valence-corrected chi connectivity index (χ3v) is 3.09. The van der Waals surface area contributed by atoms with E-state index in [-0.39, 0.29) is 5.91 Å². The Bertz CT molecular complexity index is 219. The van der Waals surface area contributed by atoms with Crippen LogP contribution in [0.4, 0.5) is 0 Å². The molecule has 2 unspecified atom stereocenters. The number of hydrogen-bond acceptors (Lipinski definition) is 3. The van der Waals surface area contributed by atoms with Gasteiger partial charge in [-0.3, -0.25) is 4.79 Å². The average Bonchev–Trinajstić information content (AvgIpc) is 2.24. The number of rotatable bonds is 6. The first-order chi connectivity index (χ1) is 7.59. The number of amides is 1. The summed E-state index contributed by atoms with van der Waals surface area (Å²) in [5.41, 5.74) is 5.09. The third kappa shape index (κ3) is 4.94. The highest BCUT2D eigenvalue weighted by atomic mass is 16.5. The maximum Gasteiger partial charge on any atom is 0.217 e. The van der Waals surface area contributed by atoms with Crippen LogP contribution in [0, 0.1) is 5.92 Å². The van der Waals surface area contributed by atoms with Crippen LogP contribution in [0.1, 0.15) is 39.5 Å². The summed E-state index contributed by atoms with van der Waals surface area (Å²) in [7, 11) is 0. The molecule has 1 heterocycles. The van der Waals surface area contributed by atoms with E-state index >= 15 is 0 Å². The molecule has 2 atom stereocenters. The zero-order chi connectivity index (χ0) is 12.0. The molecule has 1 saturated heterocycles. The molecule has 0 aromatic heterocycles. The van der Waals surface area contributed by atoms with Crippen molar-refractivity contribution < 1.29 is 9.53 Å². The summed E-state index contributed by atoms with van der Waals surface area (Å²) >= 11 is 0. The Morgan fingerprint density at radius 2 is 2.31 bits per heavy atom. The van der Waals surface area contributed by atoms with E-state index in [0.717, 1.165) is 32.4 Å². The summed E-state index contributed by atoms with van der Waals surface area (Å²) in [5.74, 6) is 0.365. The van der Waals surface area contributed by atoms with Crippen LogP contribution in [0.15, 0.2) is 0 Å². The predicted octanol–water partition coefficient (Wildman–Crippen LogP) is 1.05. The second kappa shape index (κ2) is 6.86. The van der Waals surface area contributed by atoms with Gasteiger partial charge in [-0.15, -0.1) is 0 Å². The van der Waals surface area contributed by atoms with Gasteiger partial charge in [0, 0.05) is 19.1 Å². The highest BCUT2D eigenvalue weighted by molar-refractivity contribution is 5.73. The number of hydrogen-bond donors (Lipinski definition) is 2. The molecule has 0 radical (unpaired) electrons. The summed E-state index contributed by atoms with van der Waals surface area (Å²) in [6, 6.07) is 0.536. The first kappa shape index (κ1) is 13.5. The van der Waals surface area contributed by atoms with Gasteiger partial charge in [-0.1, -0.05) is 13.8 Å². The van der Waals surface area contributed by atoms with E-state index in [1.807, 2.05) is 0 Å². The summed E-state index contributed by atoms with van der Waals surface area (Å²) in [5, 5.41) is 3.47. The van der Waals surface area contributed by atoms with Gasteiger partial charge < -0.3 is 15.8 Å². The molecular weight excluding hydrogens is 204 g/mol. The van der Waals surface area contributed by atoms with Gasteiger partial charge in [0.1, 0.15) is 0 Å². The fraction of sp³-hybridized carbons (Fsp3) is 0.917. The van der Waals surface area contributed by atoms with Gasteiger partial charge in [0.15, 0.2) is 0 Å². The normalized spacial score (nSPS) is 25.9. The van der Waals surface area contributed by atoms with Crippen molar-refractivity contribution in [2.75, 3.05) is 13.2 Å². The van der Waals surface area contributed by atoms with Gasteiger partial charge in [-0.2, -0.15) is 0 Å². The molecule has 1 rings (SSSR count). The predicted molar refractivity (Wildman–Crippen MR) is 64.0 cm³/mol. The fourth-order valence-corrected chi connectivity index (χ4v) is 2.05. The number of carbonyl (C=O) groups is 1. The van der Waals surface area contributed by atoms with Gasteiger partial charge in [-0.25, -0.2) is 0 Å². The average molecular weight is 228 g/mol. The van der Waals surface area contributed by atoms with Crippen molar-refractivity contribution in [3.63, 3.8) is 0 Å². The highest BCUT2D eigenvalue weighted by Gasteiger charge is 2.24. The minimum absolute atomic E-state index is 0.214. The minimum Gasteiger partial charge on any atom is -0.378 e. The maximum atomic E-state index is 10.6. The monoisotopic (exact) mass is 228 g/mol. The Morgan fingerprint density at radius 1 is 1.56 bits per heavy atom. The summed E-state index contributed by atoms with van der Waals surface area (Å²) in [6.07, 6.45) is 3.83. The molecule has 0 saturated carbocycles. The minimum atomic E-state index is -0.214. The molecule has 4 heteroatoms. The molecule has 3 N–H and O–H groups in total. The molecule has 1 amide bonds. The van der Waals surface area contributed by atoms with Gasteiger partial charge in [0.2, 0.25) is 5.91 Å². The molecule has 94 valence electrons. The van der Waals surface area contributed by atoms with E-state index in [1.165, 1.54) is 0 Å². The zero-order valence-corrected chi connectivity index (χ0v) is 10.4. The van der Waals surface area contributed by atoms with E-state index < -0.39 is 0 Å². The number of carbonyl (C=O) groups excluding carboxylic acids is 1. The third-order valence-electron chi connectivity index (χ3n) is 3.09. The second-order valence-electron chi connectivity index (χ2n) is 4.90. The van der Waals surface area contributed by atoms with Crippen molar-refractivity contribution in [3.8, 4) is 0 Å². The molecule has 0 spiro atoms. The van der Waals surface area contributed by atoms with E-state index in [2.05, 4.69) is 19.2 Å². The van der Waals surface area contributed by atoms with Crippen LogP contribution in [0.5, 0.6) is 0 Å². The van der Waals surface area contributed by atoms with Crippen LogP contribution in [0.3, 0.4) is 0 Å². The van der Waals surface area contributed by atoms with E-state index in [4.69, 9.17) is 10.5 Å². The SMILES string of the molecule is CC(C)C1CC(NCCCC(N)=O)CCO1. The molecule has 1 fully saturated rings. The largest absolute Gasteiger partial charge is 0.378 e. The lowest BCUT2D eigenvalue weighted by Gasteiger charge is -2.32. The Morgan fingerprint density at radius 3 is 2.94 bits per heavy atom. The molecule has 4 nitrogen and oxygen atoms in total. The van der Waals surface area contributed by atoms with E-state index in [9.17, 15) is 4.79 Å². The van der Waals surface area contributed by atoms with Crippen LogP contribution in [-0.4, -0.2) is 31.2 Å². The van der Waals surface area contributed by atoms with E-state index in [0.29, 0.717) is 24.5 Å². The lowest BCUT2D eigenvalue weighted by atomic mass is 9.95. The lowest BCUT2D eigenvalue weighted by molar-refractivity contribution is -0.118. The molecule has 16 heavy (non-hydrogen) atoms. The highest BCUT2D eigenvalue weighted by Crippen LogP contribution is 2.20. The first-order valence-corrected chi connectivity index (χ1v) is 6.23. The molecule has 0 aliphatic carbocycles. The summed E-state index contributed by atoms with van der Waals surface area (Å²) < 4.78 is 5.70. The number of primary amides is 1. The standard InChI is InChI=1S/C12H24N2O2/c1-9(2)11-8-10(5-7-16-11)14-6-3-4-12(13)15/h9-11,14H,3-8H2,1-2H3,(H2,13,15). The number of ether oxygens (including phenoxy) is 1. The van der Waals surface area contributed by atoms with Gasteiger partial charge in [0.25, 0.3) is 0 Å². The van der Waals surface area contributed by atoms with Crippen LogP contribution in [-0.2, 0) is 9.53 Å². The van der Waals surface area contributed by atoms with Crippen LogP contribution in [0.2, 0.25) is 0 Å². The van der Waals surface area contributed by atoms with Crippen LogP contribution in [0.25, 0.3) is 0 Å². The molecule has 1 aliphatic rings. The molecule has 0 aromatic rings. The van der Waals surface area contributed by atoms with Crippen molar-refractivity contribution in [1.82, 2.24) is 5.32 Å². The van der Waals surface area contributed by atoms with Crippen molar-refractivity contribution in [3.05, 3.63) is 0 Å². The topological polar surface area (TPSA) is 64.3 Å². The number of nitrogens with two attached hydrogens (primary N) is 1. The lowest BCUT2D eigenvalue weighted by Crippen LogP contribution is -2.41. The second-order valence-corrected chi connectivity index (χ2v) is 4.90.